The van der Waals surface area contributed by atoms with E-state index in [1.165, 1.54) is 37.7 Å². The summed E-state index contributed by atoms with van der Waals surface area (Å²) in [5.41, 5.74) is 2.29. The average Bonchev–Trinajstić information content (AvgIpc) is 2.47. The summed E-state index contributed by atoms with van der Waals surface area (Å²) in [7, 11) is 1.60. The molecule has 19 heavy (non-hydrogen) atoms. The molecule has 1 aliphatic carbocycles. The molecular formula is C16H23NO2. The summed E-state index contributed by atoms with van der Waals surface area (Å²) < 4.78 is 4.89. The van der Waals surface area contributed by atoms with E-state index in [4.69, 9.17) is 4.74 Å². The smallest absolute Gasteiger partial charge is 0.226 e. The van der Waals surface area contributed by atoms with Crippen LogP contribution in [0.25, 0.3) is 0 Å². The van der Waals surface area contributed by atoms with Gasteiger partial charge in [0.25, 0.3) is 0 Å². The van der Waals surface area contributed by atoms with E-state index in [1.807, 2.05) is 12.1 Å². The molecule has 3 heteroatoms. The minimum Gasteiger partial charge on any atom is -0.384 e. The standard InChI is InChI=1S/C16H23NO2/c1-19-12-11-16(18)17-15-9-7-14(8-10-15)13-5-3-2-4-6-13/h7-10,13H,2-6,11-12H2,1H3,(H,17,18). The van der Waals surface area contributed by atoms with Crippen molar-refractivity contribution in [3.63, 3.8) is 0 Å². The average molecular weight is 261 g/mol. The second-order valence-electron chi connectivity index (χ2n) is 5.25. The van der Waals surface area contributed by atoms with Gasteiger partial charge in [0.2, 0.25) is 5.91 Å². The lowest BCUT2D eigenvalue weighted by Gasteiger charge is -2.22. The molecular weight excluding hydrogens is 238 g/mol. The first kappa shape index (κ1) is 14.1. The predicted octanol–water partition coefficient (Wildman–Crippen LogP) is 3.71. The highest BCUT2D eigenvalue weighted by atomic mass is 16.5. The molecule has 0 spiro atoms. The summed E-state index contributed by atoms with van der Waals surface area (Å²) in [6.07, 6.45) is 7.09. The molecule has 1 aromatic rings. The van der Waals surface area contributed by atoms with Crippen LogP contribution in [0.1, 0.15) is 50.0 Å². The molecule has 0 bridgehead atoms. The topological polar surface area (TPSA) is 38.3 Å². The normalized spacial score (nSPS) is 16.3. The number of hydrogen-bond donors (Lipinski definition) is 1. The highest BCUT2D eigenvalue weighted by Gasteiger charge is 2.15. The van der Waals surface area contributed by atoms with E-state index in [9.17, 15) is 4.79 Å². The third kappa shape index (κ3) is 4.35. The Hall–Kier alpha value is -1.35. The second kappa shape index (κ2) is 7.29. The number of benzene rings is 1. The van der Waals surface area contributed by atoms with Crippen molar-refractivity contribution in [3.05, 3.63) is 29.8 Å². The third-order valence-corrected chi connectivity index (χ3v) is 3.80. The molecule has 1 amide bonds. The minimum atomic E-state index is 0.00673. The number of amides is 1. The van der Waals surface area contributed by atoms with Crippen molar-refractivity contribution in [3.8, 4) is 0 Å². The lowest BCUT2D eigenvalue weighted by molar-refractivity contribution is -0.117. The maximum absolute atomic E-state index is 11.6. The Kier molecular flexibility index (Phi) is 5.40. The Bertz CT molecular complexity index is 394. The molecule has 1 N–H and O–H groups in total. The molecule has 0 atom stereocenters. The quantitative estimate of drug-likeness (QED) is 0.877. The summed E-state index contributed by atoms with van der Waals surface area (Å²) >= 11 is 0. The molecule has 1 saturated carbocycles. The summed E-state index contributed by atoms with van der Waals surface area (Å²) in [5.74, 6) is 0.722. The number of rotatable bonds is 5. The molecule has 0 saturated heterocycles. The van der Waals surface area contributed by atoms with Crippen LogP contribution in [0, 0.1) is 0 Å². The zero-order chi connectivity index (χ0) is 13.5. The van der Waals surface area contributed by atoms with Gasteiger partial charge in [-0.2, -0.15) is 0 Å². The maximum Gasteiger partial charge on any atom is 0.226 e. The van der Waals surface area contributed by atoms with Crippen molar-refractivity contribution >= 4 is 11.6 Å². The molecule has 0 heterocycles. The van der Waals surface area contributed by atoms with Crippen molar-refractivity contribution < 1.29 is 9.53 Å². The first-order valence-corrected chi connectivity index (χ1v) is 7.18. The van der Waals surface area contributed by atoms with Crippen LogP contribution < -0.4 is 5.32 Å². The van der Waals surface area contributed by atoms with Gasteiger partial charge < -0.3 is 10.1 Å². The van der Waals surface area contributed by atoms with Crippen molar-refractivity contribution in [1.82, 2.24) is 0 Å². The number of hydrogen-bond acceptors (Lipinski definition) is 2. The molecule has 104 valence electrons. The fourth-order valence-corrected chi connectivity index (χ4v) is 2.69. The first-order chi connectivity index (χ1) is 9.29. The highest BCUT2D eigenvalue weighted by Crippen LogP contribution is 2.32. The van der Waals surface area contributed by atoms with Gasteiger partial charge in [0.1, 0.15) is 0 Å². The SMILES string of the molecule is COCCC(=O)Nc1ccc(C2CCCCC2)cc1. The van der Waals surface area contributed by atoms with Gasteiger partial charge in [-0.05, 0) is 36.5 Å². The first-order valence-electron chi connectivity index (χ1n) is 7.18. The van der Waals surface area contributed by atoms with Crippen LogP contribution in [0.5, 0.6) is 0 Å². The van der Waals surface area contributed by atoms with Crippen molar-refractivity contribution in [2.24, 2.45) is 0 Å². The van der Waals surface area contributed by atoms with Crippen LogP contribution in [0.3, 0.4) is 0 Å². The monoisotopic (exact) mass is 261 g/mol. The van der Waals surface area contributed by atoms with E-state index < -0.39 is 0 Å². The van der Waals surface area contributed by atoms with Crippen LogP contribution in [-0.4, -0.2) is 19.6 Å². The van der Waals surface area contributed by atoms with Gasteiger partial charge >= 0.3 is 0 Å². The molecule has 0 aromatic heterocycles. The Morgan fingerprint density at radius 3 is 2.53 bits per heavy atom. The van der Waals surface area contributed by atoms with E-state index in [-0.39, 0.29) is 5.91 Å². The molecule has 0 unspecified atom stereocenters. The Balaban J connectivity index is 1.88. The zero-order valence-electron chi connectivity index (χ0n) is 11.7. The fourth-order valence-electron chi connectivity index (χ4n) is 2.69. The van der Waals surface area contributed by atoms with E-state index in [0.717, 1.165) is 5.69 Å². The number of carbonyl (C=O) groups excluding carboxylic acids is 1. The Morgan fingerprint density at radius 1 is 1.21 bits per heavy atom. The van der Waals surface area contributed by atoms with Crippen LogP contribution in [0.15, 0.2) is 24.3 Å². The van der Waals surface area contributed by atoms with Crippen molar-refractivity contribution in [1.29, 1.82) is 0 Å². The number of carbonyl (C=O) groups is 1. The molecule has 0 radical (unpaired) electrons. The molecule has 1 aliphatic rings. The highest BCUT2D eigenvalue weighted by molar-refractivity contribution is 5.90. The van der Waals surface area contributed by atoms with Crippen LogP contribution >= 0.6 is 0 Å². The zero-order valence-corrected chi connectivity index (χ0v) is 11.7. The van der Waals surface area contributed by atoms with Crippen molar-refractivity contribution in [2.45, 2.75) is 44.4 Å². The summed E-state index contributed by atoms with van der Waals surface area (Å²) in [4.78, 5) is 11.6. The lowest BCUT2D eigenvalue weighted by atomic mass is 9.84. The fraction of sp³-hybridized carbons (Fsp3) is 0.562. The number of nitrogens with one attached hydrogen (secondary N) is 1. The number of methoxy groups -OCH3 is 1. The maximum atomic E-state index is 11.6. The van der Waals surface area contributed by atoms with E-state index in [0.29, 0.717) is 18.9 Å². The third-order valence-electron chi connectivity index (χ3n) is 3.80. The van der Waals surface area contributed by atoms with Gasteiger partial charge in [-0.15, -0.1) is 0 Å². The number of anilines is 1. The summed E-state index contributed by atoms with van der Waals surface area (Å²) in [5, 5.41) is 2.89. The second-order valence-corrected chi connectivity index (χ2v) is 5.25. The van der Waals surface area contributed by atoms with E-state index >= 15 is 0 Å². The van der Waals surface area contributed by atoms with Crippen LogP contribution in [0.2, 0.25) is 0 Å². The van der Waals surface area contributed by atoms with Crippen LogP contribution in [-0.2, 0) is 9.53 Å². The minimum absolute atomic E-state index is 0.00673. The van der Waals surface area contributed by atoms with Gasteiger partial charge in [-0.25, -0.2) is 0 Å². The van der Waals surface area contributed by atoms with Gasteiger partial charge in [0, 0.05) is 12.8 Å². The molecule has 0 aliphatic heterocycles. The Morgan fingerprint density at radius 2 is 1.89 bits per heavy atom. The molecule has 1 fully saturated rings. The van der Waals surface area contributed by atoms with E-state index in [2.05, 4.69) is 17.4 Å². The molecule has 3 nitrogen and oxygen atoms in total. The van der Waals surface area contributed by atoms with E-state index in [1.54, 1.807) is 7.11 Å². The van der Waals surface area contributed by atoms with Crippen molar-refractivity contribution in [2.75, 3.05) is 19.0 Å². The predicted molar refractivity (Wildman–Crippen MR) is 77.4 cm³/mol. The van der Waals surface area contributed by atoms with Gasteiger partial charge in [-0.1, -0.05) is 31.4 Å². The molecule has 2 rings (SSSR count). The van der Waals surface area contributed by atoms with Gasteiger partial charge in [0.15, 0.2) is 0 Å². The number of ether oxygens (including phenoxy) is 1. The summed E-state index contributed by atoms with van der Waals surface area (Å²) in [6.45, 7) is 0.464. The van der Waals surface area contributed by atoms with Crippen LogP contribution in [0.4, 0.5) is 5.69 Å². The van der Waals surface area contributed by atoms with Gasteiger partial charge in [-0.3, -0.25) is 4.79 Å². The molecule has 1 aromatic carbocycles. The largest absolute Gasteiger partial charge is 0.384 e. The Labute approximate surface area is 115 Å². The summed E-state index contributed by atoms with van der Waals surface area (Å²) in [6, 6.07) is 8.33. The van der Waals surface area contributed by atoms with Gasteiger partial charge in [0.05, 0.1) is 13.0 Å². The lowest BCUT2D eigenvalue weighted by Crippen LogP contribution is -2.13.